The fraction of sp³-hybridized carbons (Fsp3) is 0.259. The molecule has 7 rings (SSSR count). The van der Waals surface area contributed by atoms with Gasteiger partial charge in [0, 0.05) is 11.3 Å². The number of nitrogens with zero attached hydrogens (tertiary/aromatic N) is 1. The highest BCUT2D eigenvalue weighted by molar-refractivity contribution is 6.08. The zero-order chi connectivity index (χ0) is 20.5. The molecule has 148 valence electrons. The second kappa shape index (κ2) is 6.15. The van der Waals surface area contributed by atoms with E-state index in [1.165, 1.54) is 27.2 Å². The Morgan fingerprint density at radius 3 is 1.93 bits per heavy atom. The van der Waals surface area contributed by atoms with E-state index in [0.717, 1.165) is 12.0 Å². The maximum absolute atomic E-state index is 13.8. The summed E-state index contributed by atoms with van der Waals surface area (Å²) in [5, 5.41) is 0. The van der Waals surface area contributed by atoms with E-state index in [1.54, 1.807) is 0 Å². The summed E-state index contributed by atoms with van der Waals surface area (Å²) in [5.74, 6) is -0.710. The van der Waals surface area contributed by atoms with Gasteiger partial charge in [0.1, 0.15) is 0 Å². The number of carbonyl (C=O) groups is 2. The Labute approximate surface area is 176 Å². The van der Waals surface area contributed by atoms with Crippen molar-refractivity contribution in [1.29, 1.82) is 0 Å². The molecule has 2 amide bonds. The molecule has 0 saturated carbocycles. The maximum atomic E-state index is 13.8. The smallest absolute Gasteiger partial charge is 0.234 e. The third-order valence-electron chi connectivity index (χ3n) is 7.63. The molecule has 0 N–H and O–H groups in total. The van der Waals surface area contributed by atoms with Crippen LogP contribution >= 0.6 is 0 Å². The lowest BCUT2D eigenvalue weighted by Crippen LogP contribution is -2.53. The zero-order valence-corrected chi connectivity index (χ0v) is 16.9. The van der Waals surface area contributed by atoms with Gasteiger partial charge in [0.25, 0.3) is 0 Å². The van der Waals surface area contributed by atoms with Crippen LogP contribution in [0, 0.1) is 11.8 Å². The van der Waals surface area contributed by atoms with Crippen LogP contribution in [0.2, 0.25) is 0 Å². The Morgan fingerprint density at radius 1 is 0.767 bits per heavy atom. The summed E-state index contributed by atoms with van der Waals surface area (Å²) in [7, 11) is 0. The van der Waals surface area contributed by atoms with Gasteiger partial charge in [-0.05, 0) is 34.2 Å². The number of imide groups is 1. The molecule has 1 aliphatic heterocycles. The Kier molecular flexibility index (Phi) is 3.62. The third kappa shape index (κ3) is 2.00. The molecule has 2 bridgehead atoms. The molecule has 0 radical (unpaired) electrons. The average molecular weight is 393 g/mol. The Bertz CT molecular complexity index is 1130. The first-order valence-corrected chi connectivity index (χ1v) is 10.8. The van der Waals surface area contributed by atoms with Crippen LogP contribution in [0.5, 0.6) is 0 Å². The summed E-state index contributed by atoms with van der Waals surface area (Å²) in [6, 6.07) is 26.8. The molecule has 3 aromatic carbocycles. The van der Waals surface area contributed by atoms with Gasteiger partial charge < -0.3 is 0 Å². The normalized spacial score (nSPS) is 28.3. The molecular weight excluding hydrogens is 370 g/mol. The standard InChI is InChI=1S/C27H23NO2/c1-2-27-20-14-8-6-12-18(20)22(19-13-7-9-15-21(19)27)23-24(27)26(30)28(25(23)29)16-17-10-4-3-5-11-17/h3-15,22-24H,2,16H2,1H3/t22?,23-,24-,27?/m0/s1. The van der Waals surface area contributed by atoms with Gasteiger partial charge in [0.15, 0.2) is 0 Å². The van der Waals surface area contributed by atoms with Crippen LogP contribution in [0.1, 0.15) is 47.1 Å². The van der Waals surface area contributed by atoms with Crippen molar-refractivity contribution in [2.75, 3.05) is 0 Å². The highest BCUT2D eigenvalue weighted by Crippen LogP contribution is 2.65. The summed E-state index contributed by atoms with van der Waals surface area (Å²) < 4.78 is 0. The Morgan fingerprint density at radius 2 is 1.33 bits per heavy atom. The lowest BCUT2D eigenvalue weighted by atomic mass is 9.46. The second-order valence-electron chi connectivity index (χ2n) is 8.73. The van der Waals surface area contributed by atoms with Gasteiger partial charge in [-0.3, -0.25) is 14.5 Å². The lowest BCUT2D eigenvalue weighted by Gasteiger charge is -2.54. The summed E-state index contributed by atoms with van der Waals surface area (Å²) in [6.45, 7) is 2.51. The van der Waals surface area contributed by atoms with Crippen molar-refractivity contribution in [2.45, 2.75) is 31.2 Å². The topological polar surface area (TPSA) is 37.4 Å². The molecule has 2 atom stereocenters. The van der Waals surface area contributed by atoms with Crippen LogP contribution in [0.25, 0.3) is 0 Å². The van der Waals surface area contributed by atoms with Gasteiger partial charge in [-0.2, -0.15) is 0 Å². The van der Waals surface area contributed by atoms with Crippen LogP contribution in [0.4, 0.5) is 0 Å². The molecule has 3 aromatic rings. The van der Waals surface area contributed by atoms with Crippen LogP contribution < -0.4 is 0 Å². The summed E-state index contributed by atoms with van der Waals surface area (Å²) >= 11 is 0. The molecule has 0 spiro atoms. The zero-order valence-electron chi connectivity index (χ0n) is 16.9. The number of rotatable bonds is 3. The first kappa shape index (κ1) is 17.6. The van der Waals surface area contributed by atoms with E-state index in [9.17, 15) is 9.59 Å². The number of amides is 2. The molecule has 1 saturated heterocycles. The minimum absolute atomic E-state index is 0.00953. The molecule has 4 aliphatic rings. The predicted octanol–water partition coefficient (Wildman–Crippen LogP) is 4.64. The number of benzene rings is 3. The molecule has 3 heteroatoms. The fourth-order valence-corrected chi connectivity index (χ4v) is 6.51. The summed E-state index contributed by atoms with van der Waals surface area (Å²) in [4.78, 5) is 29.1. The van der Waals surface area contributed by atoms with Crippen molar-refractivity contribution in [3.8, 4) is 0 Å². The monoisotopic (exact) mass is 393 g/mol. The van der Waals surface area contributed by atoms with Crippen molar-refractivity contribution in [3.63, 3.8) is 0 Å². The quantitative estimate of drug-likeness (QED) is 0.608. The summed E-state index contributed by atoms with van der Waals surface area (Å²) in [5.41, 5.74) is 5.47. The summed E-state index contributed by atoms with van der Waals surface area (Å²) in [6.07, 6.45) is 0.799. The molecule has 30 heavy (non-hydrogen) atoms. The molecule has 3 nitrogen and oxygen atoms in total. The van der Waals surface area contributed by atoms with E-state index in [2.05, 4.69) is 55.5 Å². The number of hydrogen-bond acceptors (Lipinski definition) is 2. The van der Waals surface area contributed by atoms with Gasteiger partial charge in [0.05, 0.1) is 18.4 Å². The third-order valence-corrected chi connectivity index (χ3v) is 7.63. The molecule has 0 unspecified atom stereocenters. The van der Waals surface area contributed by atoms with E-state index in [4.69, 9.17) is 0 Å². The van der Waals surface area contributed by atoms with Crippen molar-refractivity contribution >= 4 is 11.8 Å². The van der Waals surface area contributed by atoms with E-state index in [-0.39, 0.29) is 29.6 Å². The Hall–Kier alpha value is -3.20. The van der Waals surface area contributed by atoms with Crippen LogP contribution in [-0.4, -0.2) is 16.7 Å². The van der Waals surface area contributed by atoms with E-state index in [1.807, 2.05) is 30.3 Å². The molecule has 0 aromatic heterocycles. The first-order valence-electron chi connectivity index (χ1n) is 10.8. The average Bonchev–Trinajstić information content (AvgIpc) is 3.05. The number of carbonyl (C=O) groups excluding carboxylic acids is 2. The largest absolute Gasteiger partial charge is 0.278 e. The maximum Gasteiger partial charge on any atom is 0.234 e. The van der Waals surface area contributed by atoms with Gasteiger partial charge in [-0.25, -0.2) is 0 Å². The van der Waals surface area contributed by atoms with Gasteiger partial charge in [-0.15, -0.1) is 0 Å². The Balaban J connectivity index is 1.57. The van der Waals surface area contributed by atoms with Gasteiger partial charge in [0.2, 0.25) is 11.8 Å². The van der Waals surface area contributed by atoms with E-state index >= 15 is 0 Å². The molecule has 1 heterocycles. The molecule has 1 fully saturated rings. The SMILES string of the molecule is CCC12c3ccccc3C(c3ccccc31)[C@@H]1C(=O)N(Cc3ccccc3)C(=O)[C@H]12. The van der Waals surface area contributed by atoms with E-state index in [0.29, 0.717) is 6.54 Å². The highest BCUT2D eigenvalue weighted by atomic mass is 16.2. The van der Waals surface area contributed by atoms with Gasteiger partial charge >= 0.3 is 0 Å². The van der Waals surface area contributed by atoms with Crippen LogP contribution in [-0.2, 0) is 21.5 Å². The van der Waals surface area contributed by atoms with Crippen molar-refractivity contribution in [1.82, 2.24) is 4.90 Å². The van der Waals surface area contributed by atoms with Crippen molar-refractivity contribution < 1.29 is 9.59 Å². The lowest BCUT2D eigenvalue weighted by molar-refractivity contribution is -0.140. The number of hydrogen-bond donors (Lipinski definition) is 0. The van der Waals surface area contributed by atoms with Crippen molar-refractivity contribution in [2.24, 2.45) is 11.8 Å². The predicted molar refractivity (Wildman–Crippen MR) is 115 cm³/mol. The van der Waals surface area contributed by atoms with Crippen molar-refractivity contribution in [3.05, 3.63) is 107 Å². The van der Waals surface area contributed by atoms with E-state index < -0.39 is 5.41 Å². The minimum atomic E-state index is -0.440. The van der Waals surface area contributed by atoms with Crippen LogP contribution in [0.15, 0.2) is 78.9 Å². The second-order valence-corrected chi connectivity index (χ2v) is 8.73. The fourth-order valence-electron chi connectivity index (χ4n) is 6.51. The molecular formula is C27H23NO2. The minimum Gasteiger partial charge on any atom is -0.278 e. The number of likely N-dealkylation sites (tertiary alicyclic amines) is 1. The first-order chi connectivity index (χ1) is 14.7. The van der Waals surface area contributed by atoms with Crippen LogP contribution in [0.3, 0.4) is 0 Å². The van der Waals surface area contributed by atoms with Gasteiger partial charge in [-0.1, -0.05) is 85.8 Å². The highest BCUT2D eigenvalue weighted by Gasteiger charge is 2.67. The molecule has 3 aliphatic carbocycles.